The lowest BCUT2D eigenvalue weighted by atomic mass is 10.1. The van der Waals surface area contributed by atoms with Crippen molar-refractivity contribution in [1.29, 1.82) is 0 Å². The van der Waals surface area contributed by atoms with Gasteiger partial charge in [0.25, 0.3) is 0 Å². The van der Waals surface area contributed by atoms with Crippen molar-refractivity contribution in [2.45, 2.75) is 26.9 Å². The average Bonchev–Trinajstić information content (AvgIpc) is 2.49. The topological polar surface area (TPSA) is 64.3 Å². The van der Waals surface area contributed by atoms with Gasteiger partial charge in [-0.1, -0.05) is 24.3 Å². The Bertz CT molecular complexity index is 601. The van der Waals surface area contributed by atoms with E-state index in [1.807, 2.05) is 33.0 Å². The highest BCUT2D eigenvalue weighted by molar-refractivity contribution is 5.50. The number of nitrogens with zero attached hydrogens (tertiary/aromatic N) is 3. The van der Waals surface area contributed by atoms with Crippen molar-refractivity contribution >= 4 is 5.82 Å². The van der Waals surface area contributed by atoms with Crippen molar-refractivity contribution < 1.29 is 4.74 Å². The number of hydrogen-bond donors (Lipinski definition) is 1. The third-order valence-corrected chi connectivity index (χ3v) is 3.30. The van der Waals surface area contributed by atoms with Crippen LogP contribution >= 0.6 is 0 Å². The van der Waals surface area contributed by atoms with Crippen LogP contribution in [-0.2, 0) is 13.1 Å². The number of rotatable bonds is 6. The Balaban J connectivity index is 2.19. The Kier molecular flexibility index (Phi) is 5.11. The van der Waals surface area contributed by atoms with Crippen LogP contribution in [0.15, 0.2) is 30.6 Å². The van der Waals surface area contributed by atoms with Gasteiger partial charge in [-0.2, -0.15) is 0 Å². The molecule has 0 saturated carbocycles. The first-order chi connectivity index (χ1) is 10.2. The first kappa shape index (κ1) is 15.3. The summed E-state index contributed by atoms with van der Waals surface area (Å²) in [5.41, 5.74) is 8.98. The lowest BCUT2D eigenvalue weighted by Crippen LogP contribution is -2.19. The Morgan fingerprint density at radius 3 is 2.71 bits per heavy atom. The molecule has 0 aliphatic heterocycles. The van der Waals surface area contributed by atoms with E-state index in [1.54, 1.807) is 6.33 Å². The zero-order valence-corrected chi connectivity index (χ0v) is 12.8. The fourth-order valence-corrected chi connectivity index (χ4v) is 2.30. The van der Waals surface area contributed by atoms with Gasteiger partial charge in [-0.25, -0.2) is 9.97 Å². The van der Waals surface area contributed by atoms with E-state index in [1.165, 1.54) is 5.56 Å². The molecule has 0 amide bonds. The van der Waals surface area contributed by atoms with Gasteiger partial charge in [-0.15, -0.1) is 0 Å². The van der Waals surface area contributed by atoms with Gasteiger partial charge in [0.1, 0.15) is 12.1 Å². The molecule has 2 N–H and O–H groups in total. The van der Waals surface area contributed by atoms with Crippen molar-refractivity contribution in [2.24, 2.45) is 5.73 Å². The van der Waals surface area contributed by atoms with Crippen LogP contribution in [-0.4, -0.2) is 23.6 Å². The number of nitrogens with two attached hydrogens (primary N) is 1. The van der Waals surface area contributed by atoms with Crippen molar-refractivity contribution in [3.05, 3.63) is 47.3 Å². The van der Waals surface area contributed by atoms with E-state index in [9.17, 15) is 0 Å². The van der Waals surface area contributed by atoms with Crippen LogP contribution in [0.25, 0.3) is 0 Å². The van der Waals surface area contributed by atoms with Gasteiger partial charge in [0, 0.05) is 20.1 Å². The summed E-state index contributed by atoms with van der Waals surface area (Å²) in [6.45, 7) is 5.84. The molecule has 0 fully saturated rings. The van der Waals surface area contributed by atoms with Crippen LogP contribution in [0.2, 0.25) is 0 Å². The molecule has 0 aliphatic rings. The van der Waals surface area contributed by atoms with Gasteiger partial charge in [0.2, 0.25) is 5.88 Å². The minimum atomic E-state index is 0.554. The minimum Gasteiger partial charge on any atom is -0.478 e. The third kappa shape index (κ3) is 3.70. The summed E-state index contributed by atoms with van der Waals surface area (Å²) in [6.07, 6.45) is 1.54. The van der Waals surface area contributed by atoms with Crippen molar-refractivity contribution in [1.82, 2.24) is 9.97 Å². The molecule has 1 aromatic heterocycles. The quantitative estimate of drug-likeness (QED) is 0.882. The van der Waals surface area contributed by atoms with Crippen molar-refractivity contribution in [2.75, 3.05) is 18.6 Å². The molecule has 5 heteroatoms. The fourth-order valence-electron chi connectivity index (χ4n) is 2.30. The molecule has 0 radical (unpaired) electrons. The molecule has 0 unspecified atom stereocenters. The second-order valence-corrected chi connectivity index (χ2v) is 4.94. The van der Waals surface area contributed by atoms with Crippen LogP contribution in [0.5, 0.6) is 5.88 Å². The highest BCUT2D eigenvalue weighted by Gasteiger charge is 2.12. The summed E-state index contributed by atoms with van der Waals surface area (Å²) in [5, 5.41) is 0. The van der Waals surface area contributed by atoms with Crippen LogP contribution < -0.4 is 15.4 Å². The fraction of sp³-hybridized carbons (Fsp3) is 0.375. The van der Waals surface area contributed by atoms with Crippen LogP contribution in [0, 0.1) is 6.92 Å². The highest BCUT2D eigenvalue weighted by Crippen LogP contribution is 2.24. The molecule has 1 heterocycles. The molecule has 0 atom stereocenters. The van der Waals surface area contributed by atoms with E-state index in [4.69, 9.17) is 10.5 Å². The summed E-state index contributed by atoms with van der Waals surface area (Å²) in [6, 6.07) is 8.28. The molecule has 21 heavy (non-hydrogen) atoms. The third-order valence-electron chi connectivity index (χ3n) is 3.30. The van der Waals surface area contributed by atoms with Gasteiger partial charge < -0.3 is 15.4 Å². The Hall–Kier alpha value is -2.14. The molecule has 0 spiro atoms. The second kappa shape index (κ2) is 7.04. The van der Waals surface area contributed by atoms with Gasteiger partial charge in [0.05, 0.1) is 12.2 Å². The maximum Gasteiger partial charge on any atom is 0.221 e. The van der Waals surface area contributed by atoms with Crippen LogP contribution in [0.4, 0.5) is 5.82 Å². The molecule has 1 aromatic carbocycles. The van der Waals surface area contributed by atoms with Gasteiger partial charge in [-0.05, 0) is 25.0 Å². The molecule has 2 rings (SSSR count). The smallest absolute Gasteiger partial charge is 0.221 e. The predicted octanol–water partition coefficient (Wildman–Crippen LogP) is 2.28. The highest BCUT2D eigenvalue weighted by atomic mass is 16.5. The molecular formula is C16H22N4O. The summed E-state index contributed by atoms with van der Waals surface area (Å²) in [4.78, 5) is 10.6. The lowest BCUT2D eigenvalue weighted by molar-refractivity contribution is 0.323. The zero-order valence-electron chi connectivity index (χ0n) is 12.8. The number of benzene rings is 1. The molecule has 5 nitrogen and oxygen atoms in total. The van der Waals surface area contributed by atoms with E-state index in [0.29, 0.717) is 19.0 Å². The van der Waals surface area contributed by atoms with Crippen molar-refractivity contribution in [3.63, 3.8) is 0 Å². The Labute approximate surface area is 125 Å². The van der Waals surface area contributed by atoms with Gasteiger partial charge in [-0.3, -0.25) is 0 Å². The largest absolute Gasteiger partial charge is 0.478 e. The normalized spacial score (nSPS) is 10.5. The van der Waals surface area contributed by atoms with Crippen molar-refractivity contribution in [3.8, 4) is 5.88 Å². The first-order valence-corrected chi connectivity index (χ1v) is 7.09. The van der Waals surface area contributed by atoms with Crippen LogP contribution in [0.1, 0.15) is 23.6 Å². The Morgan fingerprint density at radius 1 is 1.24 bits per heavy atom. The molecule has 2 aromatic rings. The zero-order chi connectivity index (χ0) is 15.2. The molecule has 0 bridgehead atoms. The molecule has 0 saturated heterocycles. The SMILES string of the molecule is CCOc1ncnc(N(C)Cc2cccc(CN)c2)c1C. The van der Waals surface area contributed by atoms with E-state index >= 15 is 0 Å². The van der Waals surface area contributed by atoms with Gasteiger partial charge in [0.15, 0.2) is 0 Å². The molecule has 112 valence electrons. The monoisotopic (exact) mass is 286 g/mol. The summed E-state index contributed by atoms with van der Waals surface area (Å²) in [5.74, 6) is 1.52. The summed E-state index contributed by atoms with van der Waals surface area (Å²) >= 11 is 0. The average molecular weight is 286 g/mol. The maximum absolute atomic E-state index is 5.69. The Morgan fingerprint density at radius 2 is 2.00 bits per heavy atom. The molecule has 0 aliphatic carbocycles. The van der Waals surface area contributed by atoms with E-state index in [2.05, 4.69) is 27.0 Å². The minimum absolute atomic E-state index is 0.554. The number of aromatic nitrogens is 2. The second-order valence-electron chi connectivity index (χ2n) is 4.94. The van der Waals surface area contributed by atoms with E-state index in [-0.39, 0.29) is 0 Å². The lowest BCUT2D eigenvalue weighted by Gasteiger charge is -2.21. The maximum atomic E-state index is 5.69. The summed E-state index contributed by atoms with van der Waals surface area (Å²) < 4.78 is 5.52. The van der Waals surface area contributed by atoms with E-state index < -0.39 is 0 Å². The number of hydrogen-bond acceptors (Lipinski definition) is 5. The predicted molar refractivity (Wildman–Crippen MR) is 84.4 cm³/mol. The van der Waals surface area contributed by atoms with Crippen LogP contribution in [0.3, 0.4) is 0 Å². The van der Waals surface area contributed by atoms with E-state index in [0.717, 1.165) is 23.5 Å². The number of ether oxygens (including phenoxy) is 1. The molecular weight excluding hydrogens is 264 g/mol. The standard InChI is InChI=1S/C16H22N4O/c1-4-21-16-12(2)15(18-11-19-16)20(3)10-14-7-5-6-13(8-14)9-17/h5-8,11H,4,9-10,17H2,1-3H3. The summed E-state index contributed by atoms with van der Waals surface area (Å²) in [7, 11) is 2.01. The number of anilines is 1. The first-order valence-electron chi connectivity index (χ1n) is 7.09. The van der Waals surface area contributed by atoms with Gasteiger partial charge >= 0.3 is 0 Å².